The predicted molar refractivity (Wildman–Crippen MR) is 70.3 cm³/mol. The van der Waals surface area contributed by atoms with E-state index in [1.54, 1.807) is 0 Å². The maximum atomic E-state index is 8.68. The summed E-state index contributed by atoms with van der Waals surface area (Å²) in [4.78, 5) is 2.10. The summed E-state index contributed by atoms with van der Waals surface area (Å²) in [6.45, 7) is 6.06. The molecule has 3 nitrogen and oxygen atoms in total. The summed E-state index contributed by atoms with van der Waals surface area (Å²) in [6, 6.07) is 10.4. The molecule has 1 rings (SSSR count). The molecule has 3 heteroatoms. The van der Waals surface area contributed by atoms with Gasteiger partial charge in [-0.15, -0.1) is 0 Å². The molecule has 92 valence electrons. The predicted octanol–water partition coefficient (Wildman–Crippen LogP) is 3.21. The van der Waals surface area contributed by atoms with E-state index >= 15 is 0 Å². The first-order valence-corrected chi connectivity index (χ1v) is 5.91. The van der Waals surface area contributed by atoms with Gasteiger partial charge >= 0.3 is 0 Å². The second-order valence-corrected chi connectivity index (χ2v) is 4.48. The third-order valence-electron chi connectivity index (χ3n) is 2.66. The van der Waals surface area contributed by atoms with Crippen molar-refractivity contribution in [1.29, 1.82) is 5.26 Å². The average Bonchev–Trinajstić information content (AvgIpc) is 2.28. The van der Waals surface area contributed by atoms with Gasteiger partial charge in [0.1, 0.15) is 5.75 Å². The minimum Gasteiger partial charge on any atom is -0.491 e. The molecule has 0 radical (unpaired) electrons. The van der Waals surface area contributed by atoms with Gasteiger partial charge in [-0.05, 0) is 45.0 Å². The SMILES string of the molecule is CC(C)Oc1ccc(N(C)C(C)CC#N)cc1. The van der Waals surface area contributed by atoms with Crippen LogP contribution in [0, 0.1) is 11.3 Å². The van der Waals surface area contributed by atoms with Gasteiger partial charge < -0.3 is 9.64 Å². The zero-order valence-electron chi connectivity index (χ0n) is 11.0. The fourth-order valence-corrected chi connectivity index (χ4v) is 1.56. The molecule has 0 saturated heterocycles. The lowest BCUT2D eigenvalue weighted by atomic mass is 10.2. The Labute approximate surface area is 104 Å². The average molecular weight is 232 g/mol. The highest BCUT2D eigenvalue weighted by atomic mass is 16.5. The molecule has 0 aromatic heterocycles. The highest BCUT2D eigenvalue weighted by Crippen LogP contribution is 2.21. The zero-order chi connectivity index (χ0) is 12.8. The third kappa shape index (κ3) is 3.99. The molecule has 0 amide bonds. The van der Waals surface area contributed by atoms with Crippen LogP contribution in [0.3, 0.4) is 0 Å². The van der Waals surface area contributed by atoms with Crippen molar-refractivity contribution >= 4 is 5.69 Å². The molecule has 0 N–H and O–H groups in total. The maximum Gasteiger partial charge on any atom is 0.119 e. The Kier molecular flexibility index (Phi) is 4.84. The van der Waals surface area contributed by atoms with Crippen LogP contribution in [-0.4, -0.2) is 19.2 Å². The lowest BCUT2D eigenvalue weighted by Crippen LogP contribution is -2.28. The Morgan fingerprint density at radius 1 is 1.24 bits per heavy atom. The molecule has 0 saturated carbocycles. The summed E-state index contributed by atoms with van der Waals surface area (Å²) >= 11 is 0. The van der Waals surface area contributed by atoms with Crippen molar-refractivity contribution in [2.24, 2.45) is 0 Å². The van der Waals surface area contributed by atoms with Crippen LogP contribution in [0.5, 0.6) is 5.75 Å². The number of benzene rings is 1. The molecule has 17 heavy (non-hydrogen) atoms. The number of rotatable bonds is 5. The van der Waals surface area contributed by atoms with Crippen molar-refractivity contribution in [3.63, 3.8) is 0 Å². The van der Waals surface area contributed by atoms with E-state index < -0.39 is 0 Å². The van der Waals surface area contributed by atoms with E-state index in [-0.39, 0.29) is 12.1 Å². The second kappa shape index (κ2) is 6.15. The van der Waals surface area contributed by atoms with Crippen LogP contribution in [0.1, 0.15) is 27.2 Å². The highest BCUT2D eigenvalue weighted by molar-refractivity contribution is 5.49. The molecule has 0 aliphatic heterocycles. The van der Waals surface area contributed by atoms with Crippen LogP contribution in [0.2, 0.25) is 0 Å². The molecule has 1 unspecified atom stereocenters. The van der Waals surface area contributed by atoms with Crippen molar-refractivity contribution in [2.45, 2.75) is 39.3 Å². The van der Waals surface area contributed by atoms with E-state index in [9.17, 15) is 0 Å². The Balaban J connectivity index is 2.70. The number of nitrogens with zero attached hydrogens (tertiary/aromatic N) is 2. The van der Waals surface area contributed by atoms with Crippen molar-refractivity contribution < 1.29 is 4.74 Å². The van der Waals surface area contributed by atoms with Gasteiger partial charge in [-0.2, -0.15) is 5.26 Å². The van der Waals surface area contributed by atoms with Crippen LogP contribution < -0.4 is 9.64 Å². The van der Waals surface area contributed by atoms with E-state index in [0.29, 0.717) is 6.42 Å². The highest BCUT2D eigenvalue weighted by Gasteiger charge is 2.09. The molecular weight excluding hydrogens is 212 g/mol. The quantitative estimate of drug-likeness (QED) is 0.782. The van der Waals surface area contributed by atoms with Gasteiger partial charge in [-0.25, -0.2) is 0 Å². The largest absolute Gasteiger partial charge is 0.491 e. The van der Waals surface area contributed by atoms with Crippen LogP contribution in [0.15, 0.2) is 24.3 Å². The summed E-state index contributed by atoms with van der Waals surface area (Å²) < 4.78 is 5.59. The van der Waals surface area contributed by atoms with E-state index in [0.717, 1.165) is 11.4 Å². The van der Waals surface area contributed by atoms with Crippen LogP contribution in [-0.2, 0) is 0 Å². The third-order valence-corrected chi connectivity index (χ3v) is 2.66. The number of anilines is 1. The summed E-state index contributed by atoms with van der Waals surface area (Å²) in [6.07, 6.45) is 0.719. The molecule has 0 spiro atoms. The minimum atomic E-state index is 0.191. The molecule has 0 bridgehead atoms. The van der Waals surface area contributed by atoms with E-state index in [2.05, 4.69) is 11.0 Å². The Hall–Kier alpha value is -1.69. The van der Waals surface area contributed by atoms with Crippen molar-refractivity contribution in [1.82, 2.24) is 0 Å². The first kappa shape index (κ1) is 13.4. The minimum absolute atomic E-state index is 0.191. The van der Waals surface area contributed by atoms with Crippen molar-refractivity contribution in [3.8, 4) is 11.8 Å². The lowest BCUT2D eigenvalue weighted by Gasteiger charge is -2.25. The molecule has 0 aliphatic carbocycles. The lowest BCUT2D eigenvalue weighted by molar-refractivity contribution is 0.242. The molecule has 1 aromatic carbocycles. The zero-order valence-corrected chi connectivity index (χ0v) is 11.0. The van der Waals surface area contributed by atoms with E-state index in [1.165, 1.54) is 0 Å². The van der Waals surface area contributed by atoms with Crippen LogP contribution in [0.25, 0.3) is 0 Å². The van der Waals surface area contributed by atoms with Gasteiger partial charge in [0.25, 0.3) is 0 Å². The number of hydrogen-bond donors (Lipinski definition) is 0. The molecule has 1 aromatic rings. The topological polar surface area (TPSA) is 36.3 Å². The first-order valence-electron chi connectivity index (χ1n) is 5.91. The van der Waals surface area contributed by atoms with Gasteiger partial charge in [-0.1, -0.05) is 0 Å². The van der Waals surface area contributed by atoms with Gasteiger partial charge in [0.15, 0.2) is 0 Å². The number of hydrogen-bond acceptors (Lipinski definition) is 3. The van der Waals surface area contributed by atoms with E-state index in [1.807, 2.05) is 52.1 Å². The van der Waals surface area contributed by atoms with Crippen molar-refractivity contribution in [3.05, 3.63) is 24.3 Å². The second-order valence-electron chi connectivity index (χ2n) is 4.48. The molecular formula is C14H20N2O. The Bertz CT molecular complexity index is 378. The van der Waals surface area contributed by atoms with Gasteiger partial charge in [0, 0.05) is 18.8 Å². The summed E-state index contributed by atoms with van der Waals surface area (Å²) in [5, 5.41) is 8.68. The van der Waals surface area contributed by atoms with E-state index in [4.69, 9.17) is 10.00 Å². The van der Waals surface area contributed by atoms with Crippen molar-refractivity contribution in [2.75, 3.05) is 11.9 Å². The molecule has 0 aliphatic rings. The molecule has 0 fully saturated rings. The standard InChI is InChI=1S/C14H20N2O/c1-11(2)17-14-7-5-13(6-8-14)16(4)12(3)9-10-15/h5-8,11-12H,9H2,1-4H3. The molecule has 0 heterocycles. The van der Waals surface area contributed by atoms with Gasteiger partial charge in [0.05, 0.1) is 18.6 Å². The maximum absolute atomic E-state index is 8.68. The first-order chi connectivity index (χ1) is 8.04. The summed E-state index contributed by atoms with van der Waals surface area (Å²) in [5.74, 6) is 0.880. The summed E-state index contributed by atoms with van der Waals surface area (Å²) in [5.41, 5.74) is 1.10. The smallest absolute Gasteiger partial charge is 0.119 e. The Morgan fingerprint density at radius 2 is 1.82 bits per heavy atom. The van der Waals surface area contributed by atoms with Crippen LogP contribution >= 0.6 is 0 Å². The van der Waals surface area contributed by atoms with Crippen LogP contribution in [0.4, 0.5) is 5.69 Å². The monoisotopic (exact) mass is 232 g/mol. The fraction of sp³-hybridized carbons (Fsp3) is 0.500. The summed E-state index contributed by atoms with van der Waals surface area (Å²) in [7, 11) is 2.00. The normalized spacial score (nSPS) is 12.0. The van der Waals surface area contributed by atoms with Gasteiger partial charge in [0.2, 0.25) is 0 Å². The van der Waals surface area contributed by atoms with Gasteiger partial charge in [-0.3, -0.25) is 0 Å². The Morgan fingerprint density at radius 3 is 2.29 bits per heavy atom. The molecule has 1 atom stereocenters. The number of nitriles is 1. The fourth-order valence-electron chi connectivity index (χ4n) is 1.56. The number of ether oxygens (including phenoxy) is 1.